The summed E-state index contributed by atoms with van der Waals surface area (Å²) < 4.78 is 0. The minimum Gasteiger partial charge on any atom is -0.366 e. The fourth-order valence-electron chi connectivity index (χ4n) is 1.90. The molecule has 98 valence electrons. The van der Waals surface area contributed by atoms with Crippen LogP contribution in [-0.2, 0) is 6.54 Å². The number of nitrogens with two attached hydrogens (primary N) is 1. The molecule has 0 aliphatic carbocycles. The quantitative estimate of drug-likeness (QED) is 0.907. The predicted molar refractivity (Wildman–Crippen MR) is 75.6 cm³/mol. The number of primary amides is 1. The van der Waals surface area contributed by atoms with Crippen LogP contribution in [0.25, 0.3) is 11.1 Å². The average molecular weight is 255 g/mol. The molecule has 1 aromatic heterocycles. The summed E-state index contributed by atoms with van der Waals surface area (Å²) in [6.45, 7) is 0.799. The van der Waals surface area contributed by atoms with Gasteiger partial charge in [-0.25, -0.2) is 0 Å². The molecule has 2 N–H and O–H groups in total. The number of hydrogen-bond acceptors (Lipinski definition) is 3. The van der Waals surface area contributed by atoms with Crippen LogP contribution in [0.2, 0.25) is 0 Å². The van der Waals surface area contributed by atoms with E-state index >= 15 is 0 Å². The molecule has 0 aliphatic heterocycles. The van der Waals surface area contributed by atoms with E-state index in [4.69, 9.17) is 5.73 Å². The van der Waals surface area contributed by atoms with Crippen molar-refractivity contribution in [3.8, 4) is 11.1 Å². The van der Waals surface area contributed by atoms with Crippen molar-refractivity contribution >= 4 is 5.91 Å². The lowest BCUT2D eigenvalue weighted by Crippen LogP contribution is -2.11. The van der Waals surface area contributed by atoms with Crippen molar-refractivity contribution in [2.24, 2.45) is 5.73 Å². The Bertz CT molecular complexity index is 576. The number of nitrogens with zero attached hydrogens (tertiary/aromatic N) is 2. The molecule has 0 atom stereocenters. The number of amides is 1. The fourth-order valence-corrected chi connectivity index (χ4v) is 1.90. The maximum Gasteiger partial charge on any atom is 0.248 e. The van der Waals surface area contributed by atoms with E-state index < -0.39 is 5.91 Å². The first-order valence-electron chi connectivity index (χ1n) is 6.06. The maximum atomic E-state index is 11.0. The normalized spacial score (nSPS) is 10.7. The topological polar surface area (TPSA) is 59.2 Å². The molecule has 4 nitrogen and oxygen atoms in total. The zero-order valence-corrected chi connectivity index (χ0v) is 11.1. The Morgan fingerprint density at radius 2 is 1.84 bits per heavy atom. The summed E-state index contributed by atoms with van der Waals surface area (Å²) >= 11 is 0. The Morgan fingerprint density at radius 3 is 2.42 bits per heavy atom. The van der Waals surface area contributed by atoms with Crippen LogP contribution in [0, 0.1) is 0 Å². The highest BCUT2D eigenvalue weighted by Gasteiger charge is 2.03. The van der Waals surface area contributed by atoms with E-state index in [-0.39, 0.29) is 0 Å². The Hall–Kier alpha value is -2.20. The fraction of sp³-hybridized carbons (Fsp3) is 0.200. The predicted octanol–water partition coefficient (Wildman–Crippen LogP) is 1.91. The number of carbonyl (C=O) groups excluding carboxylic acids is 1. The monoisotopic (exact) mass is 255 g/mol. The van der Waals surface area contributed by atoms with Gasteiger partial charge in [0.15, 0.2) is 0 Å². The third-order valence-corrected chi connectivity index (χ3v) is 2.80. The Balaban J connectivity index is 2.28. The van der Waals surface area contributed by atoms with E-state index in [1.54, 1.807) is 18.3 Å². The first-order valence-corrected chi connectivity index (χ1v) is 6.06. The summed E-state index contributed by atoms with van der Waals surface area (Å²) in [5.74, 6) is -0.408. The first kappa shape index (κ1) is 13.2. The first-order chi connectivity index (χ1) is 9.06. The van der Waals surface area contributed by atoms with Crippen molar-refractivity contribution in [2.45, 2.75) is 6.54 Å². The Labute approximate surface area is 112 Å². The maximum absolute atomic E-state index is 11.0. The number of carbonyl (C=O) groups is 1. The summed E-state index contributed by atoms with van der Waals surface area (Å²) in [5, 5.41) is 0. The number of benzene rings is 1. The van der Waals surface area contributed by atoms with Gasteiger partial charge in [0, 0.05) is 18.3 Å². The smallest absolute Gasteiger partial charge is 0.248 e. The van der Waals surface area contributed by atoms with Gasteiger partial charge in [0.25, 0.3) is 0 Å². The van der Waals surface area contributed by atoms with Crippen LogP contribution in [0.3, 0.4) is 0 Å². The molecule has 1 amide bonds. The average Bonchev–Trinajstić information content (AvgIpc) is 2.38. The second-order valence-corrected chi connectivity index (χ2v) is 4.72. The summed E-state index contributed by atoms with van der Waals surface area (Å²) in [4.78, 5) is 17.4. The third kappa shape index (κ3) is 3.39. The second kappa shape index (κ2) is 5.63. The van der Waals surface area contributed by atoms with Crippen molar-refractivity contribution in [3.63, 3.8) is 0 Å². The zero-order valence-electron chi connectivity index (χ0n) is 11.1. The zero-order chi connectivity index (χ0) is 13.8. The number of aromatic nitrogens is 1. The molecule has 0 radical (unpaired) electrons. The molecule has 0 fully saturated rings. The van der Waals surface area contributed by atoms with E-state index in [9.17, 15) is 4.79 Å². The lowest BCUT2D eigenvalue weighted by Gasteiger charge is -2.10. The second-order valence-electron chi connectivity index (χ2n) is 4.72. The molecule has 0 bridgehead atoms. The molecule has 0 saturated heterocycles. The summed E-state index contributed by atoms with van der Waals surface area (Å²) in [6.07, 6.45) is 1.80. The van der Waals surface area contributed by atoms with Crippen LogP contribution in [0.5, 0.6) is 0 Å². The number of pyridine rings is 1. The van der Waals surface area contributed by atoms with E-state index in [0.29, 0.717) is 5.56 Å². The summed E-state index contributed by atoms with van der Waals surface area (Å²) in [5.41, 5.74) is 8.90. The lowest BCUT2D eigenvalue weighted by atomic mass is 10.0. The van der Waals surface area contributed by atoms with Crippen LogP contribution >= 0.6 is 0 Å². The van der Waals surface area contributed by atoms with Crippen molar-refractivity contribution in [1.29, 1.82) is 0 Å². The molecule has 0 aliphatic rings. The molecule has 0 spiro atoms. The minimum atomic E-state index is -0.408. The van der Waals surface area contributed by atoms with Crippen molar-refractivity contribution in [1.82, 2.24) is 9.88 Å². The van der Waals surface area contributed by atoms with Gasteiger partial charge in [-0.15, -0.1) is 0 Å². The molecule has 0 saturated carbocycles. The molecule has 2 rings (SSSR count). The molecule has 2 aromatic rings. The van der Waals surface area contributed by atoms with Gasteiger partial charge in [-0.05, 0) is 49.5 Å². The number of hydrogen-bond donors (Lipinski definition) is 1. The summed E-state index contributed by atoms with van der Waals surface area (Å²) in [7, 11) is 4.02. The van der Waals surface area contributed by atoms with Crippen LogP contribution < -0.4 is 5.73 Å². The molecule has 0 unspecified atom stereocenters. The van der Waals surface area contributed by atoms with Gasteiger partial charge in [0.1, 0.15) is 0 Å². The highest BCUT2D eigenvalue weighted by Crippen LogP contribution is 2.20. The van der Waals surface area contributed by atoms with Crippen LogP contribution in [-0.4, -0.2) is 29.9 Å². The van der Waals surface area contributed by atoms with Gasteiger partial charge in [0.2, 0.25) is 5.91 Å². The van der Waals surface area contributed by atoms with E-state index in [1.807, 2.05) is 32.3 Å². The van der Waals surface area contributed by atoms with Crippen LogP contribution in [0.1, 0.15) is 16.1 Å². The van der Waals surface area contributed by atoms with Gasteiger partial charge in [-0.2, -0.15) is 0 Å². The van der Waals surface area contributed by atoms with Gasteiger partial charge in [0.05, 0.1) is 5.69 Å². The largest absolute Gasteiger partial charge is 0.366 e. The highest BCUT2D eigenvalue weighted by atomic mass is 16.1. The standard InChI is InChI=1S/C15H17N3O/c1-18(2)10-14-9-13(7-8-17-14)11-3-5-12(6-4-11)15(16)19/h3-9H,10H2,1-2H3,(H2,16,19). The van der Waals surface area contributed by atoms with Gasteiger partial charge < -0.3 is 10.6 Å². The highest BCUT2D eigenvalue weighted by molar-refractivity contribution is 5.93. The molecule has 19 heavy (non-hydrogen) atoms. The third-order valence-electron chi connectivity index (χ3n) is 2.80. The van der Waals surface area contributed by atoms with Crippen LogP contribution in [0.4, 0.5) is 0 Å². The lowest BCUT2D eigenvalue weighted by molar-refractivity contribution is 0.100. The minimum absolute atomic E-state index is 0.408. The molecule has 1 aromatic carbocycles. The van der Waals surface area contributed by atoms with Crippen molar-refractivity contribution < 1.29 is 4.79 Å². The van der Waals surface area contributed by atoms with Crippen molar-refractivity contribution in [3.05, 3.63) is 53.9 Å². The Morgan fingerprint density at radius 1 is 1.16 bits per heavy atom. The SMILES string of the molecule is CN(C)Cc1cc(-c2ccc(C(N)=O)cc2)ccn1. The van der Waals surface area contributed by atoms with Crippen LogP contribution in [0.15, 0.2) is 42.6 Å². The number of rotatable bonds is 4. The Kier molecular flexibility index (Phi) is 3.92. The van der Waals surface area contributed by atoms with Gasteiger partial charge >= 0.3 is 0 Å². The summed E-state index contributed by atoms with van der Waals surface area (Å²) in [6, 6.07) is 11.3. The van der Waals surface area contributed by atoms with E-state index in [1.165, 1.54) is 0 Å². The molecule has 1 heterocycles. The van der Waals surface area contributed by atoms with Crippen molar-refractivity contribution in [2.75, 3.05) is 14.1 Å². The van der Waals surface area contributed by atoms with Gasteiger partial charge in [-0.3, -0.25) is 9.78 Å². The van der Waals surface area contributed by atoms with Gasteiger partial charge in [-0.1, -0.05) is 12.1 Å². The molecule has 4 heteroatoms. The van der Waals surface area contributed by atoms with E-state index in [0.717, 1.165) is 23.4 Å². The molecular formula is C15H17N3O. The van der Waals surface area contributed by atoms with E-state index in [2.05, 4.69) is 16.0 Å². The molecular weight excluding hydrogens is 238 g/mol.